The standard InChI is InChI=1S/C9H16O3/c1-7(6-10)4-3-5-9(12)8(2)11/h7,10H,3-6H2,1-2H3. The van der Waals surface area contributed by atoms with Gasteiger partial charge in [0.25, 0.3) is 0 Å². The molecule has 0 bridgehead atoms. The monoisotopic (exact) mass is 172 g/mol. The van der Waals surface area contributed by atoms with Crippen molar-refractivity contribution >= 4 is 11.6 Å². The number of carbonyl (C=O) groups excluding carboxylic acids is 2. The summed E-state index contributed by atoms with van der Waals surface area (Å²) in [5, 5.41) is 8.66. The van der Waals surface area contributed by atoms with E-state index in [-0.39, 0.29) is 24.1 Å². The highest BCUT2D eigenvalue weighted by Gasteiger charge is 2.08. The molecule has 70 valence electrons. The number of ketones is 2. The van der Waals surface area contributed by atoms with Gasteiger partial charge in [0.15, 0.2) is 11.6 Å². The van der Waals surface area contributed by atoms with Crippen LogP contribution in [0.3, 0.4) is 0 Å². The van der Waals surface area contributed by atoms with Gasteiger partial charge in [0, 0.05) is 20.0 Å². The van der Waals surface area contributed by atoms with Crippen LogP contribution >= 0.6 is 0 Å². The van der Waals surface area contributed by atoms with Crippen molar-refractivity contribution in [3.8, 4) is 0 Å². The van der Waals surface area contributed by atoms with E-state index in [2.05, 4.69) is 0 Å². The number of hydrogen-bond acceptors (Lipinski definition) is 3. The van der Waals surface area contributed by atoms with Gasteiger partial charge in [-0.05, 0) is 18.8 Å². The minimum Gasteiger partial charge on any atom is -0.396 e. The number of Topliss-reactive ketones (excluding diaryl/α,β-unsaturated/α-hetero) is 2. The largest absolute Gasteiger partial charge is 0.396 e. The molecule has 1 unspecified atom stereocenters. The third kappa shape index (κ3) is 5.02. The van der Waals surface area contributed by atoms with Gasteiger partial charge in [-0.2, -0.15) is 0 Å². The van der Waals surface area contributed by atoms with Crippen LogP contribution in [0, 0.1) is 5.92 Å². The molecule has 0 rings (SSSR count). The average Bonchev–Trinajstić information content (AvgIpc) is 2.03. The maximum absolute atomic E-state index is 10.8. The lowest BCUT2D eigenvalue weighted by molar-refractivity contribution is -0.135. The van der Waals surface area contributed by atoms with Crippen molar-refractivity contribution in [1.82, 2.24) is 0 Å². The van der Waals surface area contributed by atoms with Crippen molar-refractivity contribution in [3.05, 3.63) is 0 Å². The van der Waals surface area contributed by atoms with Crippen molar-refractivity contribution in [2.45, 2.75) is 33.1 Å². The summed E-state index contributed by atoms with van der Waals surface area (Å²) in [7, 11) is 0. The van der Waals surface area contributed by atoms with E-state index in [1.54, 1.807) is 0 Å². The summed E-state index contributed by atoms with van der Waals surface area (Å²) in [6.45, 7) is 3.35. The van der Waals surface area contributed by atoms with Crippen molar-refractivity contribution < 1.29 is 14.7 Å². The maximum atomic E-state index is 10.8. The highest BCUT2D eigenvalue weighted by Crippen LogP contribution is 2.06. The average molecular weight is 172 g/mol. The van der Waals surface area contributed by atoms with Crippen molar-refractivity contribution in [3.63, 3.8) is 0 Å². The summed E-state index contributed by atoms with van der Waals surface area (Å²) >= 11 is 0. The first-order chi connectivity index (χ1) is 5.57. The molecule has 1 atom stereocenters. The molecular weight excluding hydrogens is 156 g/mol. The highest BCUT2D eigenvalue weighted by molar-refractivity contribution is 6.36. The van der Waals surface area contributed by atoms with Gasteiger partial charge < -0.3 is 5.11 Å². The molecule has 0 aromatic rings. The Kier molecular flexibility index (Phi) is 5.54. The highest BCUT2D eigenvalue weighted by atomic mass is 16.3. The second-order valence-electron chi connectivity index (χ2n) is 3.16. The van der Waals surface area contributed by atoms with Crippen molar-refractivity contribution in [2.75, 3.05) is 6.61 Å². The fraction of sp³-hybridized carbons (Fsp3) is 0.778. The molecule has 0 aliphatic heterocycles. The molecule has 0 heterocycles. The smallest absolute Gasteiger partial charge is 0.198 e. The first-order valence-corrected chi connectivity index (χ1v) is 4.22. The maximum Gasteiger partial charge on any atom is 0.198 e. The first kappa shape index (κ1) is 11.3. The van der Waals surface area contributed by atoms with E-state index >= 15 is 0 Å². The number of rotatable bonds is 6. The Balaban J connectivity index is 3.44. The third-order valence-corrected chi connectivity index (χ3v) is 1.81. The van der Waals surface area contributed by atoms with E-state index in [0.717, 1.165) is 6.42 Å². The lowest BCUT2D eigenvalue weighted by atomic mass is 10.0. The molecule has 3 heteroatoms. The zero-order valence-electron chi connectivity index (χ0n) is 7.67. The second kappa shape index (κ2) is 5.89. The summed E-state index contributed by atoms with van der Waals surface area (Å²) in [4.78, 5) is 21.3. The number of aliphatic hydroxyl groups is 1. The minimum atomic E-state index is -0.369. The summed E-state index contributed by atoms with van der Waals surface area (Å²) in [6.07, 6.45) is 1.81. The predicted octanol–water partition coefficient (Wildman–Crippen LogP) is 0.943. The lowest BCUT2D eigenvalue weighted by Crippen LogP contribution is -2.10. The van der Waals surface area contributed by atoms with Crippen molar-refractivity contribution in [1.29, 1.82) is 0 Å². The van der Waals surface area contributed by atoms with Crippen LogP contribution in [0.15, 0.2) is 0 Å². The molecule has 12 heavy (non-hydrogen) atoms. The van der Waals surface area contributed by atoms with Gasteiger partial charge in [0.1, 0.15) is 0 Å². The Morgan fingerprint density at radius 2 is 2.00 bits per heavy atom. The SMILES string of the molecule is CC(=O)C(=O)CCCC(C)CO. The Morgan fingerprint density at radius 1 is 1.42 bits per heavy atom. The van der Waals surface area contributed by atoms with E-state index in [4.69, 9.17) is 5.11 Å². The van der Waals surface area contributed by atoms with Gasteiger partial charge in [0.05, 0.1) is 0 Å². The van der Waals surface area contributed by atoms with Crippen LogP contribution in [0.2, 0.25) is 0 Å². The molecular formula is C9H16O3. The van der Waals surface area contributed by atoms with E-state index in [1.165, 1.54) is 6.92 Å². The number of hydrogen-bond donors (Lipinski definition) is 1. The topological polar surface area (TPSA) is 54.4 Å². The summed E-state index contributed by atoms with van der Waals surface area (Å²) < 4.78 is 0. The molecule has 0 radical (unpaired) electrons. The van der Waals surface area contributed by atoms with Gasteiger partial charge in [-0.1, -0.05) is 6.92 Å². The Hall–Kier alpha value is -0.700. The second-order valence-corrected chi connectivity index (χ2v) is 3.16. The molecule has 0 aromatic carbocycles. The van der Waals surface area contributed by atoms with Gasteiger partial charge in [-0.3, -0.25) is 9.59 Å². The Morgan fingerprint density at radius 3 is 2.42 bits per heavy atom. The van der Waals surface area contributed by atoms with Gasteiger partial charge >= 0.3 is 0 Å². The molecule has 1 N–H and O–H groups in total. The molecule has 0 aromatic heterocycles. The molecule has 0 saturated carbocycles. The molecule has 0 fully saturated rings. The van der Waals surface area contributed by atoms with E-state index < -0.39 is 0 Å². The summed E-state index contributed by atoms with van der Waals surface area (Å²) in [5.74, 6) is -0.448. The van der Waals surface area contributed by atoms with Gasteiger partial charge in [0.2, 0.25) is 0 Å². The van der Waals surface area contributed by atoms with Gasteiger partial charge in [-0.15, -0.1) is 0 Å². The van der Waals surface area contributed by atoms with Crippen LogP contribution in [0.5, 0.6) is 0 Å². The van der Waals surface area contributed by atoms with E-state index in [0.29, 0.717) is 12.8 Å². The number of aliphatic hydroxyl groups excluding tert-OH is 1. The summed E-state index contributed by atoms with van der Waals surface area (Å²) in [6, 6.07) is 0. The molecule has 0 spiro atoms. The van der Waals surface area contributed by atoms with Crippen LogP contribution < -0.4 is 0 Å². The Labute approximate surface area is 72.8 Å². The normalized spacial score (nSPS) is 12.6. The molecule has 0 aliphatic carbocycles. The molecule has 0 saturated heterocycles. The quantitative estimate of drug-likeness (QED) is 0.607. The zero-order chi connectivity index (χ0) is 9.56. The van der Waals surface area contributed by atoms with Crippen LogP contribution in [-0.4, -0.2) is 23.3 Å². The number of carbonyl (C=O) groups is 2. The minimum absolute atomic E-state index is 0.147. The van der Waals surface area contributed by atoms with Crippen LogP contribution in [0.1, 0.15) is 33.1 Å². The predicted molar refractivity (Wildman–Crippen MR) is 45.8 cm³/mol. The fourth-order valence-corrected chi connectivity index (χ4v) is 0.878. The van der Waals surface area contributed by atoms with Crippen LogP contribution in [-0.2, 0) is 9.59 Å². The van der Waals surface area contributed by atoms with E-state index in [1.807, 2.05) is 6.92 Å². The Bertz CT molecular complexity index is 163. The molecule has 0 aliphatic rings. The summed E-state index contributed by atoms with van der Waals surface area (Å²) in [5.41, 5.74) is 0. The lowest BCUT2D eigenvalue weighted by Gasteiger charge is -2.05. The van der Waals surface area contributed by atoms with E-state index in [9.17, 15) is 9.59 Å². The molecule has 0 amide bonds. The van der Waals surface area contributed by atoms with Crippen LogP contribution in [0.25, 0.3) is 0 Å². The molecule has 3 nitrogen and oxygen atoms in total. The van der Waals surface area contributed by atoms with Crippen LogP contribution in [0.4, 0.5) is 0 Å². The van der Waals surface area contributed by atoms with Gasteiger partial charge in [-0.25, -0.2) is 0 Å². The first-order valence-electron chi connectivity index (χ1n) is 4.22. The van der Waals surface area contributed by atoms with Crippen molar-refractivity contribution in [2.24, 2.45) is 5.92 Å². The zero-order valence-corrected chi connectivity index (χ0v) is 7.67. The third-order valence-electron chi connectivity index (χ3n) is 1.81. The fourth-order valence-electron chi connectivity index (χ4n) is 0.878.